The van der Waals surface area contributed by atoms with E-state index >= 15 is 0 Å². The van der Waals surface area contributed by atoms with Crippen LogP contribution in [0.1, 0.15) is 28.4 Å². The highest BCUT2D eigenvalue weighted by molar-refractivity contribution is 6.33. The number of pyridine rings is 1. The van der Waals surface area contributed by atoms with Gasteiger partial charge in [-0.3, -0.25) is 4.98 Å². The Labute approximate surface area is 183 Å². The van der Waals surface area contributed by atoms with Gasteiger partial charge in [0.1, 0.15) is 0 Å². The molecule has 0 aliphatic rings. The number of benzene rings is 2. The van der Waals surface area contributed by atoms with Crippen LogP contribution in [-0.2, 0) is 12.4 Å². The number of halogens is 7. The fourth-order valence-electron chi connectivity index (χ4n) is 2.91. The van der Waals surface area contributed by atoms with Crippen LogP contribution >= 0.6 is 11.6 Å². The minimum absolute atomic E-state index is 0.0310. The number of anilines is 1. The van der Waals surface area contributed by atoms with Gasteiger partial charge in [0.25, 0.3) is 0 Å². The number of carbonyl (C=O) groups excluding carboxylic acids is 1. The Bertz CT molecular complexity index is 1100. The molecule has 0 unspecified atom stereocenters. The molecule has 1 aromatic heterocycles. The second-order valence-corrected chi connectivity index (χ2v) is 6.97. The number of hydrogen-bond donors (Lipinski definition) is 2. The number of rotatable bonds is 4. The van der Waals surface area contributed by atoms with Crippen molar-refractivity contribution in [1.29, 1.82) is 0 Å². The zero-order valence-corrected chi connectivity index (χ0v) is 16.7. The molecule has 2 aromatic carbocycles. The van der Waals surface area contributed by atoms with Crippen LogP contribution in [0, 0.1) is 0 Å². The van der Waals surface area contributed by atoms with E-state index in [1.165, 1.54) is 12.1 Å². The summed E-state index contributed by atoms with van der Waals surface area (Å²) in [5, 5.41) is 4.93. The van der Waals surface area contributed by atoms with E-state index in [4.69, 9.17) is 11.6 Å². The fraction of sp³-hybridized carbons (Fsp3) is 0.143. The predicted molar refractivity (Wildman–Crippen MR) is 106 cm³/mol. The summed E-state index contributed by atoms with van der Waals surface area (Å²) in [5.74, 6) is 0. The maximum Gasteiger partial charge on any atom is 0.418 e. The Hall–Kier alpha value is -3.27. The third-order valence-corrected chi connectivity index (χ3v) is 4.72. The summed E-state index contributed by atoms with van der Waals surface area (Å²) in [6.07, 6.45) is -8.35. The predicted octanol–water partition coefficient (Wildman–Crippen LogP) is 6.68. The van der Waals surface area contributed by atoms with Crippen LogP contribution < -0.4 is 10.6 Å². The van der Waals surface area contributed by atoms with Gasteiger partial charge in [0.15, 0.2) is 0 Å². The number of nitrogens with zero attached hydrogens (tertiary/aromatic N) is 1. The van der Waals surface area contributed by atoms with Crippen molar-refractivity contribution in [2.75, 3.05) is 5.32 Å². The number of hydrogen-bond acceptors (Lipinski definition) is 2. The van der Waals surface area contributed by atoms with Crippen molar-refractivity contribution in [3.05, 3.63) is 94.3 Å². The molecule has 168 valence electrons. The van der Waals surface area contributed by atoms with Gasteiger partial charge in [0.2, 0.25) is 0 Å². The van der Waals surface area contributed by atoms with Gasteiger partial charge < -0.3 is 10.6 Å². The van der Waals surface area contributed by atoms with Crippen LogP contribution in [0.15, 0.2) is 66.9 Å². The molecule has 11 heteroatoms. The van der Waals surface area contributed by atoms with Crippen molar-refractivity contribution in [2.45, 2.75) is 18.4 Å². The van der Waals surface area contributed by atoms with Crippen molar-refractivity contribution in [1.82, 2.24) is 10.3 Å². The number of aromatic nitrogens is 1. The van der Waals surface area contributed by atoms with E-state index in [1.54, 1.807) is 12.1 Å². The van der Waals surface area contributed by atoms with E-state index in [0.29, 0.717) is 12.1 Å². The monoisotopic (exact) mass is 473 g/mol. The number of alkyl halides is 6. The smallest absolute Gasteiger partial charge is 0.325 e. The fourth-order valence-corrected chi connectivity index (χ4v) is 3.10. The zero-order valence-electron chi connectivity index (χ0n) is 15.9. The molecule has 3 rings (SSSR count). The number of urea groups is 1. The Balaban J connectivity index is 2.01. The maximum atomic E-state index is 13.5. The standard InChI is InChI=1S/C21H14ClF6N3O/c22-15-5-1-2-6-16(15)30-19(32)31-17(12-7-9-13(10-8-12)20(23,24)25)18-14(21(26,27)28)4-3-11-29-18/h1-11,17H,(H2,30,31,32)/t17-/m0/s1. The summed E-state index contributed by atoms with van der Waals surface area (Å²) >= 11 is 5.97. The van der Waals surface area contributed by atoms with Gasteiger partial charge in [0, 0.05) is 6.20 Å². The van der Waals surface area contributed by atoms with E-state index in [2.05, 4.69) is 15.6 Å². The molecule has 0 radical (unpaired) electrons. The number of para-hydroxylation sites is 1. The highest BCUT2D eigenvalue weighted by Crippen LogP contribution is 2.36. The van der Waals surface area contributed by atoms with E-state index < -0.39 is 41.2 Å². The molecule has 0 saturated heterocycles. The molecule has 1 atom stereocenters. The number of nitrogens with one attached hydrogen (secondary N) is 2. The number of carbonyl (C=O) groups is 1. The van der Waals surface area contributed by atoms with Gasteiger partial charge in [-0.15, -0.1) is 0 Å². The summed E-state index contributed by atoms with van der Waals surface area (Å²) in [6.45, 7) is 0. The largest absolute Gasteiger partial charge is 0.418 e. The van der Waals surface area contributed by atoms with Crippen LogP contribution in [0.25, 0.3) is 0 Å². The zero-order chi connectivity index (χ0) is 23.5. The molecule has 0 aliphatic heterocycles. The Morgan fingerprint density at radius 3 is 2.12 bits per heavy atom. The molecule has 2 N–H and O–H groups in total. The topological polar surface area (TPSA) is 54.0 Å². The average Bonchev–Trinajstić information content (AvgIpc) is 2.72. The van der Waals surface area contributed by atoms with Crippen molar-refractivity contribution in [2.24, 2.45) is 0 Å². The molecule has 0 bridgehead atoms. The highest BCUT2D eigenvalue weighted by Gasteiger charge is 2.37. The highest BCUT2D eigenvalue weighted by atomic mass is 35.5. The van der Waals surface area contributed by atoms with E-state index in [0.717, 1.165) is 30.5 Å². The first-order valence-electron chi connectivity index (χ1n) is 8.98. The van der Waals surface area contributed by atoms with Crippen LogP contribution in [-0.4, -0.2) is 11.0 Å². The molecule has 0 spiro atoms. The molecule has 32 heavy (non-hydrogen) atoms. The normalized spacial score (nSPS) is 12.8. The first kappa shape index (κ1) is 23.4. The van der Waals surface area contributed by atoms with Crippen LogP contribution in [0.5, 0.6) is 0 Å². The van der Waals surface area contributed by atoms with Gasteiger partial charge in [-0.05, 0) is 42.0 Å². The molecule has 1 heterocycles. The van der Waals surface area contributed by atoms with Crippen molar-refractivity contribution in [3.63, 3.8) is 0 Å². The summed E-state index contributed by atoms with van der Waals surface area (Å²) in [4.78, 5) is 16.3. The first-order chi connectivity index (χ1) is 15.0. The molecule has 3 aromatic rings. The van der Waals surface area contributed by atoms with Gasteiger partial charge >= 0.3 is 18.4 Å². The number of amides is 2. The molecule has 0 fully saturated rings. The minimum atomic E-state index is -4.81. The third-order valence-electron chi connectivity index (χ3n) is 4.39. The Morgan fingerprint density at radius 1 is 0.875 bits per heavy atom. The quantitative estimate of drug-likeness (QED) is 0.415. The summed E-state index contributed by atoms with van der Waals surface area (Å²) in [6, 6.07) is 8.96. The Morgan fingerprint density at radius 2 is 1.53 bits per heavy atom. The van der Waals surface area contributed by atoms with Gasteiger partial charge in [0.05, 0.1) is 33.6 Å². The van der Waals surface area contributed by atoms with Gasteiger partial charge in [-0.1, -0.05) is 35.9 Å². The van der Waals surface area contributed by atoms with Crippen molar-refractivity contribution >= 4 is 23.3 Å². The summed E-state index contributed by atoms with van der Waals surface area (Å²) < 4.78 is 79.3. The molecular formula is C21H14ClF6N3O. The lowest BCUT2D eigenvalue weighted by Crippen LogP contribution is -2.35. The van der Waals surface area contributed by atoms with Crippen molar-refractivity contribution in [3.8, 4) is 0 Å². The molecule has 0 saturated carbocycles. The molecular weight excluding hydrogens is 460 g/mol. The van der Waals surface area contributed by atoms with Crippen LogP contribution in [0.3, 0.4) is 0 Å². The minimum Gasteiger partial charge on any atom is -0.325 e. The second-order valence-electron chi connectivity index (χ2n) is 6.57. The second kappa shape index (κ2) is 9.07. The van der Waals surface area contributed by atoms with Gasteiger partial charge in [-0.2, -0.15) is 26.3 Å². The molecule has 4 nitrogen and oxygen atoms in total. The third kappa shape index (κ3) is 5.50. The van der Waals surface area contributed by atoms with Gasteiger partial charge in [-0.25, -0.2) is 4.79 Å². The lowest BCUT2D eigenvalue weighted by atomic mass is 9.98. The van der Waals surface area contributed by atoms with Crippen LogP contribution in [0.2, 0.25) is 5.02 Å². The van der Waals surface area contributed by atoms with Crippen LogP contribution in [0.4, 0.5) is 36.8 Å². The molecule has 0 aliphatic carbocycles. The van der Waals surface area contributed by atoms with Crippen molar-refractivity contribution < 1.29 is 31.1 Å². The lowest BCUT2D eigenvalue weighted by Gasteiger charge is -2.23. The average molecular weight is 474 g/mol. The SMILES string of the molecule is O=C(Nc1ccccc1Cl)N[C@@H](c1ccc(C(F)(F)F)cc1)c1ncccc1C(F)(F)F. The summed E-state index contributed by atoms with van der Waals surface area (Å²) in [5.41, 5.74) is -2.54. The maximum absolute atomic E-state index is 13.5. The summed E-state index contributed by atoms with van der Waals surface area (Å²) in [7, 11) is 0. The van der Waals surface area contributed by atoms with E-state index in [9.17, 15) is 31.1 Å². The molecule has 2 amide bonds. The Kier molecular flexibility index (Phi) is 6.63. The first-order valence-corrected chi connectivity index (χ1v) is 9.36. The van der Waals surface area contributed by atoms with E-state index in [-0.39, 0.29) is 16.3 Å². The lowest BCUT2D eigenvalue weighted by molar-refractivity contribution is -0.139. The van der Waals surface area contributed by atoms with E-state index in [1.807, 2.05) is 0 Å².